The molecule has 1 aromatic carbocycles. The Balaban J connectivity index is 1.83. The number of amides is 3. The second kappa shape index (κ2) is 6.57. The van der Waals surface area contributed by atoms with Gasteiger partial charge >= 0.3 is 6.03 Å². The third-order valence-electron chi connectivity index (χ3n) is 3.82. The van der Waals surface area contributed by atoms with Crippen molar-refractivity contribution >= 4 is 11.9 Å². The van der Waals surface area contributed by atoms with Gasteiger partial charge in [0.1, 0.15) is 0 Å². The number of nitrogens with zero attached hydrogens (tertiary/aromatic N) is 1. The minimum absolute atomic E-state index is 0.150. The molecule has 1 N–H and O–H groups in total. The van der Waals surface area contributed by atoms with Gasteiger partial charge in [0.15, 0.2) is 0 Å². The Labute approximate surface area is 125 Å². The molecule has 1 heterocycles. The number of benzene rings is 1. The predicted molar refractivity (Wildman–Crippen MR) is 83.0 cm³/mol. The van der Waals surface area contributed by atoms with Crippen LogP contribution < -0.4 is 5.32 Å². The Kier molecular flexibility index (Phi) is 4.78. The molecule has 0 unspecified atom stereocenters. The van der Waals surface area contributed by atoms with Gasteiger partial charge in [0.25, 0.3) is 5.91 Å². The fourth-order valence-corrected chi connectivity index (χ4v) is 2.53. The van der Waals surface area contributed by atoms with E-state index in [1.807, 2.05) is 20.8 Å². The minimum Gasteiger partial charge on any atom is -0.337 e. The number of aryl methyl sites for hydroxylation is 1. The van der Waals surface area contributed by atoms with Crippen LogP contribution >= 0.6 is 0 Å². The van der Waals surface area contributed by atoms with Crippen molar-refractivity contribution in [2.45, 2.75) is 33.6 Å². The summed E-state index contributed by atoms with van der Waals surface area (Å²) in [6.45, 7) is 6.85. The van der Waals surface area contributed by atoms with E-state index in [-0.39, 0.29) is 11.9 Å². The fourth-order valence-electron chi connectivity index (χ4n) is 2.53. The quantitative estimate of drug-likeness (QED) is 0.925. The molecule has 0 fully saturated rings. The van der Waals surface area contributed by atoms with Crippen LogP contribution in [0.3, 0.4) is 0 Å². The smallest absolute Gasteiger partial charge is 0.324 e. The van der Waals surface area contributed by atoms with Crippen LogP contribution in [0.1, 0.15) is 31.4 Å². The third kappa shape index (κ3) is 3.51. The Morgan fingerprint density at radius 2 is 1.90 bits per heavy atom. The molecular formula is C17H22N2O2. The zero-order valence-corrected chi connectivity index (χ0v) is 12.9. The number of hydrogen-bond donors (Lipinski definition) is 1. The van der Waals surface area contributed by atoms with Crippen LogP contribution in [-0.2, 0) is 11.2 Å². The van der Waals surface area contributed by atoms with Crippen LogP contribution in [0.2, 0.25) is 0 Å². The maximum Gasteiger partial charge on any atom is 0.324 e. The number of hydrogen-bond acceptors (Lipinski definition) is 2. The van der Waals surface area contributed by atoms with E-state index in [0.717, 1.165) is 17.6 Å². The van der Waals surface area contributed by atoms with E-state index < -0.39 is 0 Å². The lowest BCUT2D eigenvalue weighted by atomic mass is 10.1. The van der Waals surface area contributed by atoms with Crippen LogP contribution in [-0.4, -0.2) is 29.9 Å². The lowest BCUT2D eigenvalue weighted by molar-refractivity contribution is -0.123. The van der Waals surface area contributed by atoms with Crippen LogP contribution in [0.15, 0.2) is 35.4 Å². The zero-order chi connectivity index (χ0) is 15.4. The molecule has 0 aromatic heterocycles. The lowest BCUT2D eigenvalue weighted by Gasteiger charge is -2.15. The molecule has 1 aliphatic rings. The second-order valence-electron chi connectivity index (χ2n) is 5.47. The molecule has 1 aliphatic heterocycles. The molecule has 0 saturated carbocycles. The monoisotopic (exact) mass is 286 g/mol. The Hall–Kier alpha value is -2.10. The first kappa shape index (κ1) is 15.3. The van der Waals surface area contributed by atoms with E-state index in [4.69, 9.17) is 0 Å². The molecule has 4 nitrogen and oxygen atoms in total. The van der Waals surface area contributed by atoms with Crippen LogP contribution in [0.4, 0.5) is 4.79 Å². The molecule has 112 valence electrons. The highest BCUT2D eigenvalue weighted by Gasteiger charge is 2.31. The number of urea groups is 1. The molecule has 3 amide bonds. The SMILES string of the molecule is CCC1=C(C)CN(C(=O)NCCc2ccc(C)cc2)C1=O. The van der Waals surface area contributed by atoms with Crippen molar-refractivity contribution < 1.29 is 9.59 Å². The Morgan fingerprint density at radius 3 is 2.48 bits per heavy atom. The number of nitrogens with one attached hydrogen (secondary N) is 1. The molecule has 0 atom stereocenters. The van der Waals surface area contributed by atoms with Crippen molar-refractivity contribution in [1.29, 1.82) is 0 Å². The van der Waals surface area contributed by atoms with E-state index in [1.165, 1.54) is 16.0 Å². The summed E-state index contributed by atoms with van der Waals surface area (Å²) in [5, 5.41) is 2.82. The van der Waals surface area contributed by atoms with Crippen LogP contribution in [0.25, 0.3) is 0 Å². The molecule has 2 rings (SSSR count). The summed E-state index contributed by atoms with van der Waals surface area (Å²) in [4.78, 5) is 25.4. The van der Waals surface area contributed by atoms with Crippen molar-refractivity contribution in [2.24, 2.45) is 0 Å². The summed E-state index contributed by atoms with van der Waals surface area (Å²) >= 11 is 0. The van der Waals surface area contributed by atoms with E-state index in [9.17, 15) is 9.59 Å². The Morgan fingerprint density at radius 1 is 1.24 bits per heavy atom. The van der Waals surface area contributed by atoms with Crippen molar-refractivity contribution in [3.63, 3.8) is 0 Å². The van der Waals surface area contributed by atoms with Gasteiger partial charge in [0, 0.05) is 12.1 Å². The number of carbonyl (C=O) groups is 2. The summed E-state index contributed by atoms with van der Waals surface area (Å²) < 4.78 is 0. The highest BCUT2D eigenvalue weighted by molar-refractivity contribution is 6.06. The van der Waals surface area contributed by atoms with Gasteiger partial charge in [0.05, 0.1) is 6.54 Å². The number of imide groups is 1. The number of rotatable bonds is 4. The van der Waals surface area contributed by atoms with Gasteiger partial charge in [-0.2, -0.15) is 0 Å². The molecular weight excluding hydrogens is 264 g/mol. The van der Waals surface area contributed by atoms with Crippen molar-refractivity contribution in [2.75, 3.05) is 13.1 Å². The molecule has 0 radical (unpaired) electrons. The van der Waals surface area contributed by atoms with Crippen LogP contribution in [0.5, 0.6) is 0 Å². The van der Waals surface area contributed by atoms with Gasteiger partial charge in [-0.25, -0.2) is 4.79 Å². The first-order valence-electron chi connectivity index (χ1n) is 7.36. The van der Waals surface area contributed by atoms with Gasteiger partial charge in [-0.1, -0.05) is 36.8 Å². The summed E-state index contributed by atoms with van der Waals surface area (Å²) in [6.07, 6.45) is 1.44. The average Bonchev–Trinajstić information content (AvgIpc) is 2.75. The molecule has 0 saturated heterocycles. The zero-order valence-electron chi connectivity index (χ0n) is 12.9. The van der Waals surface area contributed by atoms with Crippen molar-refractivity contribution in [1.82, 2.24) is 10.2 Å². The van der Waals surface area contributed by atoms with E-state index in [1.54, 1.807) is 0 Å². The maximum absolute atomic E-state index is 12.1. The third-order valence-corrected chi connectivity index (χ3v) is 3.82. The number of carbonyl (C=O) groups excluding carboxylic acids is 2. The first-order valence-corrected chi connectivity index (χ1v) is 7.36. The van der Waals surface area contributed by atoms with Crippen LogP contribution in [0, 0.1) is 6.92 Å². The molecule has 0 spiro atoms. The highest BCUT2D eigenvalue weighted by Crippen LogP contribution is 2.21. The van der Waals surface area contributed by atoms with Gasteiger partial charge in [-0.15, -0.1) is 0 Å². The van der Waals surface area contributed by atoms with Gasteiger partial charge in [-0.3, -0.25) is 9.69 Å². The molecule has 1 aromatic rings. The maximum atomic E-state index is 12.1. The largest absolute Gasteiger partial charge is 0.337 e. The summed E-state index contributed by atoms with van der Waals surface area (Å²) in [6, 6.07) is 7.94. The predicted octanol–water partition coefficient (Wildman–Crippen LogP) is 2.82. The molecule has 4 heteroatoms. The molecule has 21 heavy (non-hydrogen) atoms. The summed E-state index contributed by atoms with van der Waals surface area (Å²) in [5.74, 6) is -0.150. The lowest BCUT2D eigenvalue weighted by Crippen LogP contribution is -2.42. The van der Waals surface area contributed by atoms with Gasteiger partial charge < -0.3 is 5.32 Å². The second-order valence-corrected chi connectivity index (χ2v) is 5.47. The first-order chi connectivity index (χ1) is 10.0. The molecule has 0 aliphatic carbocycles. The van der Waals surface area contributed by atoms with Gasteiger partial charge in [0.2, 0.25) is 0 Å². The van der Waals surface area contributed by atoms with Gasteiger partial charge in [-0.05, 0) is 37.8 Å². The highest BCUT2D eigenvalue weighted by atomic mass is 16.2. The fraction of sp³-hybridized carbons (Fsp3) is 0.412. The van der Waals surface area contributed by atoms with Crippen molar-refractivity contribution in [3.8, 4) is 0 Å². The van der Waals surface area contributed by atoms with E-state index in [2.05, 4.69) is 29.6 Å². The van der Waals surface area contributed by atoms with E-state index in [0.29, 0.717) is 19.5 Å². The standard InChI is InChI=1S/C17H22N2O2/c1-4-15-13(3)11-19(16(15)20)17(21)18-10-9-14-7-5-12(2)6-8-14/h5-8H,4,9-11H2,1-3H3,(H,18,21). The normalized spacial score (nSPS) is 14.8. The summed E-state index contributed by atoms with van der Waals surface area (Å²) in [7, 11) is 0. The van der Waals surface area contributed by atoms with Crippen molar-refractivity contribution in [3.05, 3.63) is 46.5 Å². The Bertz CT molecular complexity index is 573. The molecule has 0 bridgehead atoms. The minimum atomic E-state index is -0.296. The van der Waals surface area contributed by atoms with E-state index >= 15 is 0 Å². The summed E-state index contributed by atoms with van der Waals surface area (Å²) in [5.41, 5.74) is 4.16. The average molecular weight is 286 g/mol. The topological polar surface area (TPSA) is 49.4 Å².